The van der Waals surface area contributed by atoms with E-state index >= 15 is 0 Å². The molecule has 1 N–H and O–H groups in total. The minimum atomic E-state index is 0.0885. The molecule has 0 radical (unpaired) electrons. The number of carbonyl (C=O) groups is 1. The molecule has 202 valence electrons. The fourth-order valence-electron chi connectivity index (χ4n) is 6.20. The minimum absolute atomic E-state index is 0.0885. The van der Waals surface area contributed by atoms with E-state index in [1.54, 1.807) is 0 Å². The van der Waals surface area contributed by atoms with Crippen molar-refractivity contribution in [2.45, 2.75) is 64.1 Å². The molecule has 2 aromatic carbocycles. The number of H-pyrrole nitrogens is 1. The topological polar surface area (TPSA) is 74.3 Å². The average molecular weight is 524 g/mol. The molecule has 0 bridgehead atoms. The third-order valence-electron chi connectivity index (χ3n) is 8.12. The fourth-order valence-corrected chi connectivity index (χ4v) is 6.20. The molecule has 2 aromatic heterocycles. The third kappa shape index (κ3) is 5.69. The number of fused-ring (bicyclic) bond motifs is 2. The number of aromatic nitrogens is 3. The summed E-state index contributed by atoms with van der Waals surface area (Å²) in [5.41, 5.74) is 6.44. The summed E-state index contributed by atoms with van der Waals surface area (Å²) in [6, 6.07) is 19.0. The highest BCUT2D eigenvalue weighted by Crippen LogP contribution is 2.28. The second-order valence-electron chi connectivity index (χ2n) is 11.0. The molecule has 39 heavy (non-hydrogen) atoms. The number of amides is 1. The monoisotopic (exact) mass is 523 g/mol. The Kier molecular flexibility index (Phi) is 7.59. The van der Waals surface area contributed by atoms with E-state index in [9.17, 15) is 4.79 Å². The summed E-state index contributed by atoms with van der Waals surface area (Å²) in [6.07, 6.45) is 8.99. The molecule has 7 nitrogen and oxygen atoms in total. The van der Waals surface area contributed by atoms with Gasteiger partial charge in [-0.25, -0.2) is 0 Å². The number of carbonyl (C=O) groups excluding carboxylic acids is 1. The van der Waals surface area contributed by atoms with E-state index in [1.165, 1.54) is 16.5 Å². The van der Waals surface area contributed by atoms with Crippen LogP contribution in [0.25, 0.3) is 10.9 Å². The molecule has 1 amide bonds. The first-order valence-corrected chi connectivity index (χ1v) is 14.3. The lowest BCUT2D eigenvalue weighted by Crippen LogP contribution is -2.44. The van der Waals surface area contributed by atoms with E-state index in [0.717, 1.165) is 87.1 Å². The van der Waals surface area contributed by atoms with Crippen molar-refractivity contribution in [3.05, 3.63) is 88.9 Å². The van der Waals surface area contributed by atoms with E-state index in [-0.39, 0.29) is 11.9 Å². The van der Waals surface area contributed by atoms with Crippen LogP contribution in [-0.2, 0) is 25.9 Å². The number of rotatable bonds is 9. The summed E-state index contributed by atoms with van der Waals surface area (Å²) in [6.45, 7) is 3.04. The smallest absolute Gasteiger partial charge is 0.274 e. The molecule has 4 aromatic rings. The van der Waals surface area contributed by atoms with Crippen LogP contribution in [0, 0.1) is 0 Å². The van der Waals surface area contributed by atoms with E-state index < -0.39 is 0 Å². The van der Waals surface area contributed by atoms with Crippen LogP contribution < -0.4 is 4.74 Å². The van der Waals surface area contributed by atoms with Gasteiger partial charge in [-0.05, 0) is 74.9 Å². The SMILES string of the molecule is CN(Cc1cccc(OCC[C@@H]2CCCCN2C(=O)c2n[nH]c3c2CCC3)c1)Cc1cccc2cccnc12. The number of ether oxygens (including phenoxy) is 1. The zero-order chi connectivity index (χ0) is 26.6. The van der Waals surface area contributed by atoms with Crippen LogP contribution in [0.5, 0.6) is 5.75 Å². The van der Waals surface area contributed by atoms with Crippen LogP contribution in [0.1, 0.15) is 65.0 Å². The van der Waals surface area contributed by atoms with Crippen LogP contribution >= 0.6 is 0 Å². The molecule has 0 saturated carbocycles. The van der Waals surface area contributed by atoms with Gasteiger partial charge in [-0.2, -0.15) is 5.10 Å². The van der Waals surface area contributed by atoms with Crippen LogP contribution in [0.3, 0.4) is 0 Å². The molecule has 1 saturated heterocycles. The number of para-hydroxylation sites is 1. The highest BCUT2D eigenvalue weighted by molar-refractivity contribution is 5.94. The molecule has 1 aliphatic carbocycles. The number of nitrogens with one attached hydrogen (secondary N) is 1. The Hall–Kier alpha value is -3.71. The Bertz CT molecular complexity index is 1440. The molecular weight excluding hydrogens is 486 g/mol. The van der Waals surface area contributed by atoms with Crippen molar-refractivity contribution < 1.29 is 9.53 Å². The highest BCUT2D eigenvalue weighted by Gasteiger charge is 2.32. The molecule has 3 heterocycles. The molecule has 1 aliphatic heterocycles. The van der Waals surface area contributed by atoms with Gasteiger partial charge in [0.2, 0.25) is 0 Å². The summed E-state index contributed by atoms with van der Waals surface area (Å²) < 4.78 is 6.21. The van der Waals surface area contributed by atoms with Crippen molar-refractivity contribution in [2.24, 2.45) is 0 Å². The lowest BCUT2D eigenvalue weighted by molar-refractivity contribution is 0.0573. The summed E-state index contributed by atoms with van der Waals surface area (Å²) in [5, 5.41) is 8.66. The van der Waals surface area contributed by atoms with Gasteiger partial charge in [-0.3, -0.25) is 19.8 Å². The molecular formula is C32H37N5O2. The Balaban J connectivity index is 1.04. The maximum Gasteiger partial charge on any atom is 0.274 e. The minimum Gasteiger partial charge on any atom is -0.494 e. The van der Waals surface area contributed by atoms with Crippen LogP contribution in [0.15, 0.2) is 60.8 Å². The number of likely N-dealkylation sites (tertiary alicyclic amines) is 1. The van der Waals surface area contributed by atoms with Crippen molar-refractivity contribution in [3.63, 3.8) is 0 Å². The average Bonchev–Trinajstić information content (AvgIpc) is 3.58. The number of nitrogens with zero attached hydrogens (tertiary/aromatic N) is 4. The van der Waals surface area contributed by atoms with E-state index in [4.69, 9.17) is 4.74 Å². The molecule has 0 unspecified atom stereocenters. The lowest BCUT2D eigenvalue weighted by atomic mass is 9.98. The maximum atomic E-state index is 13.4. The molecule has 1 atom stereocenters. The normalized spacial score (nSPS) is 17.1. The van der Waals surface area contributed by atoms with Crippen molar-refractivity contribution in [1.82, 2.24) is 25.0 Å². The number of benzene rings is 2. The van der Waals surface area contributed by atoms with E-state index in [1.807, 2.05) is 18.3 Å². The molecule has 2 aliphatic rings. The summed E-state index contributed by atoms with van der Waals surface area (Å²) in [7, 11) is 2.14. The predicted molar refractivity (Wildman–Crippen MR) is 153 cm³/mol. The van der Waals surface area contributed by atoms with Gasteiger partial charge in [0, 0.05) is 54.9 Å². The van der Waals surface area contributed by atoms with Crippen LogP contribution in [0.2, 0.25) is 0 Å². The quantitative estimate of drug-likeness (QED) is 0.312. The Morgan fingerprint density at radius 2 is 1.97 bits per heavy atom. The van der Waals surface area contributed by atoms with Crippen molar-refractivity contribution in [1.29, 1.82) is 0 Å². The van der Waals surface area contributed by atoms with Gasteiger partial charge in [0.05, 0.1) is 12.1 Å². The van der Waals surface area contributed by atoms with Gasteiger partial charge in [-0.1, -0.05) is 36.4 Å². The zero-order valence-corrected chi connectivity index (χ0v) is 22.7. The van der Waals surface area contributed by atoms with Gasteiger partial charge in [-0.15, -0.1) is 0 Å². The third-order valence-corrected chi connectivity index (χ3v) is 8.12. The Morgan fingerprint density at radius 1 is 1.08 bits per heavy atom. The predicted octanol–water partition coefficient (Wildman–Crippen LogP) is 5.54. The summed E-state index contributed by atoms with van der Waals surface area (Å²) in [4.78, 5) is 22.4. The highest BCUT2D eigenvalue weighted by atomic mass is 16.5. The van der Waals surface area contributed by atoms with Gasteiger partial charge in [0.15, 0.2) is 5.69 Å². The molecule has 1 fully saturated rings. The number of aryl methyl sites for hydroxylation is 1. The zero-order valence-electron chi connectivity index (χ0n) is 22.7. The number of piperidine rings is 1. The van der Waals surface area contributed by atoms with Crippen molar-refractivity contribution in [2.75, 3.05) is 20.2 Å². The summed E-state index contributed by atoms with van der Waals surface area (Å²) >= 11 is 0. The number of aromatic amines is 1. The largest absolute Gasteiger partial charge is 0.494 e. The van der Waals surface area contributed by atoms with E-state index in [0.29, 0.717) is 12.3 Å². The van der Waals surface area contributed by atoms with Crippen LogP contribution in [0.4, 0.5) is 0 Å². The first kappa shape index (κ1) is 25.6. The van der Waals surface area contributed by atoms with Gasteiger partial charge < -0.3 is 9.64 Å². The van der Waals surface area contributed by atoms with Gasteiger partial charge in [0.1, 0.15) is 5.75 Å². The van der Waals surface area contributed by atoms with Crippen molar-refractivity contribution >= 4 is 16.8 Å². The fraction of sp³-hybridized carbons (Fsp3) is 0.406. The number of hydrogen-bond donors (Lipinski definition) is 1. The number of hydrogen-bond acceptors (Lipinski definition) is 5. The summed E-state index contributed by atoms with van der Waals surface area (Å²) in [5.74, 6) is 0.970. The second kappa shape index (κ2) is 11.6. The number of pyridine rings is 1. The lowest BCUT2D eigenvalue weighted by Gasteiger charge is -2.35. The molecule has 0 spiro atoms. The Morgan fingerprint density at radius 3 is 2.92 bits per heavy atom. The van der Waals surface area contributed by atoms with Crippen molar-refractivity contribution in [3.8, 4) is 5.75 Å². The van der Waals surface area contributed by atoms with E-state index in [2.05, 4.69) is 74.5 Å². The Labute approximate surface area is 230 Å². The van der Waals surface area contributed by atoms with Crippen LogP contribution in [-0.4, -0.2) is 57.1 Å². The second-order valence-corrected chi connectivity index (χ2v) is 11.0. The standard InChI is InChI=1S/C32H37N5O2/c1-36(22-25-10-5-9-24-11-7-17-33-30(24)25)21-23-8-4-13-27(20-23)39-19-16-26-12-2-3-18-37(26)32(38)31-28-14-6-15-29(28)34-35-31/h4-5,7-11,13,17,20,26H,2-3,6,12,14-16,18-19,21-22H2,1H3,(H,34,35)/t26-/m0/s1. The molecule has 6 rings (SSSR count). The van der Waals surface area contributed by atoms with Gasteiger partial charge in [0.25, 0.3) is 5.91 Å². The maximum absolute atomic E-state index is 13.4. The van der Waals surface area contributed by atoms with Gasteiger partial charge >= 0.3 is 0 Å². The first-order chi connectivity index (χ1) is 19.2. The molecule has 7 heteroatoms. The first-order valence-electron chi connectivity index (χ1n) is 14.3.